The number of amides is 2. The highest BCUT2D eigenvalue weighted by Crippen LogP contribution is 2.50. The molecule has 22 heteroatoms. The Morgan fingerprint density at radius 3 is 1.91 bits per heavy atom. The Morgan fingerprint density at radius 2 is 1.34 bits per heavy atom. The second kappa shape index (κ2) is 18.5. The van der Waals surface area contributed by atoms with E-state index < -0.39 is 99.6 Å². The number of ether oxygens (including phenoxy) is 2. The van der Waals surface area contributed by atoms with Gasteiger partial charge >= 0.3 is 5.51 Å². The largest absolute Gasteiger partial charge is 0.501 e. The maximum atomic E-state index is 15.1. The van der Waals surface area contributed by atoms with Gasteiger partial charge in [0, 0.05) is 77.9 Å². The molecule has 2 N–H and O–H groups in total. The van der Waals surface area contributed by atoms with Crippen LogP contribution in [0, 0.1) is 41.5 Å². The predicted molar refractivity (Wildman–Crippen MR) is 210 cm³/mol. The third-order valence-corrected chi connectivity index (χ3v) is 11.8. The van der Waals surface area contributed by atoms with Crippen LogP contribution in [0.3, 0.4) is 0 Å². The van der Waals surface area contributed by atoms with Crippen LogP contribution in [0.4, 0.5) is 39.5 Å². The monoisotopic (exact) mass is 939 g/mol. The van der Waals surface area contributed by atoms with Gasteiger partial charge in [-0.2, -0.15) is 18.4 Å². The topological polar surface area (TPSA) is 169 Å². The van der Waals surface area contributed by atoms with Gasteiger partial charge in [-0.1, -0.05) is 0 Å². The van der Waals surface area contributed by atoms with E-state index in [1.165, 1.54) is 20.0 Å². The average molecular weight is 940 g/mol. The standard InChI is InChI=1S/C23H16F5NO4S.C19H14F4N2O4S/c1-34(31,32)19-7-6-18(33-16-9-14(25)8-15(26)10-16)17-11-23(27,28)21(20(17)19)29-22(30)12-2-4-13(24)5-3-12;1-11-15(3-6-18(26)25-2)17(30(27,28)19(21,22)23)5-4-16(11)29-14-8-12(10-24)7-13(20)9-14/h2-10,21H,11H2,1H3,(H,29,30);3-9H,1-2H3,(H,25,26)/b;6-3+. The summed E-state index contributed by atoms with van der Waals surface area (Å²) in [7, 11) is -8.48. The van der Waals surface area contributed by atoms with E-state index in [0.29, 0.717) is 12.1 Å². The Labute approximate surface area is 358 Å². The van der Waals surface area contributed by atoms with E-state index in [2.05, 4.69) is 10.6 Å². The fourth-order valence-corrected chi connectivity index (χ4v) is 8.18. The maximum Gasteiger partial charge on any atom is 0.501 e. The molecular weight excluding hydrogens is 910 g/mol. The first kappa shape index (κ1) is 48.2. The molecular formula is C42H30F9N3O8S2. The molecule has 1 unspecified atom stereocenters. The van der Waals surface area contributed by atoms with Crippen molar-refractivity contribution in [1.29, 1.82) is 5.26 Å². The summed E-state index contributed by atoms with van der Waals surface area (Å²) in [6.45, 7) is 1.28. The Hall–Kier alpha value is -6.86. The normalized spacial score (nSPS) is 14.5. The number of alkyl halides is 5. The zero-order chi connectivity index (χ0) is 47.5. The number of sulfone groups is 2. The van der Waals surface area contributed by atoms with Crippen LogP contribution < -0.4 is 20.1 Å². The first-order valence-electron chi connectivity index (χ1n) is 17.9. The van der Waals surface area contributed by atoms with Crippen LogP contribution in [0.15, 0.2) is 101 Å². The predicted octanol–water partition coefficient (Wildman–Crippen LogP) is 8.81. The number of carbonyl (C=O) groups is 2. The molecule has 0 bridgehead atoms. The van der Waals surface area contributed by atoms with Crippen LogP contribution in [0.1, 0.15) is 44.2 Å². The lowest BCUT2D eigenvalue weighted by Gasteiger charge is -2.22. The average Bonchev–Trinajstić information content (AvgIpc) is 3.46. The minimum atomic E-state index is -5.73. The molecule has 1 atom stereocenters. The molecule has 0 aliphatic heterocycles. The smallest absolute Gasteiger partial charge is 0.457 e. The second-order valence-electron chi connectivity index (χ2n) is 13.7. The fraction of sp³-hybridized carbons (Fsp3) is 0.167. The minimum Gasteiger partial charge on any atom is -0.457 e. The summed E-state index contributed by atoms with van der Waals surface area (Å²) in [5.74, 6) is -9.42. The molecule has 1 aliphatic carbocycles. The third-order valence-electron chi connectivity index (χ3n) is 9.14. The minimum absolute atomic E-state index is 0.0525. The highest BCUT2D eigenvalue weighted by Gasteiger charge is 2.52. The molecule has 6 rings (SSSR count). The van der Waals surface area contributed by atoms with Crippen molar-refractivity contribution in [2.24, 2.45) is 0 Å². The first-order valence-corrected chi connectivity index (χ1v) is 21.3. The third kappa shape index (κ3) is 10.8. The summed E-state index contributed by atoms with van der Waals surface area (Å²) < 4.78 is 183. The van der Waals surface area contributed by atoms with Gasteiger partial charge in [0.1, 0.15) is 52.3 Å². The van der Waals surface area contributed by atoms with E-state index in [1.807, 2.05) is 0 Å². The molecule has 0 aromatic heterocycles. The van der Waals surface area contributed by atoms with E-state index in [9.17, 15) is 57.2 Å². The zero-order valence-corrected chi connectivity index (χ0v) is 34.6. The van der Waals surface area contributed by atoms with Gasteiger partial charge < -0.3 is 20.1 Å². The number of fused-ring (bicyclic) bond motifs is 1. The maximum absolute atomic E-state index is 15.1. The molecule has 5 aromatic rings. The highest BCUT2D eigenvalue weighted by molar-refractivity contribution is 7.92. The molecule has 336 valence electrons. The van der Waals surface area contributed by atoms with Crippen molar-refractivity contribution in [3.8, 4) is 29.1 Å². The number of likely N-dealkylation sites (N-methyl/N-ethyl adjacent to an activating group) is 1. The second-order valence-corrected chi connectivity index (χ2v) is 17.6. The van der Waals surface area contributed by atoms with Crippen molar-refractivity contribution in [2.45, 2.75) is 40.6 Å². The molecule has 0 heterocycles. The lowest BCUT2D eigenvalue weighted by molar-refractivity contribution is -0.116. The molecule has 0 saturated carbocycles. The van der Waals surface area contributed by atoms with E-state index in [0.717, 1.165) is 85.1 Å². The molecule has 11 nitrogen and oxygen atoms in total. The first-order chi connectivity index (χ1) is 29.7. The zero-order valence-electron chi connectivity index (χ0n) is 33.0. The number of carbonyl (C=O) groups excluding carboxylic acids is 2. The summed E-state index contributed by atoms with van der Waals surface area (Å²) in [5.41, 5.74) is -6.84. The summed E-state index contributed by atoms with van der Waals surface area (Å²) in [5, 5.41) is 13.3. The van der Waals surface area contributed by atoms with Crippen LogP contribution >= 0.6 is 0 Å². The Balaban J connectivity index is 0.000000243. The number of halogens is 9. The quantitative estimate of drug-likeness (QED) is 0.103. The van der Waals surface area contributed by atoms with Crippen molar-refractivity contribution < 1.29 is 75.4 Å². The lowest BCUT2D eigenvalue weighted by Crippen LogP contribution is -2.38. The summed E-state index contributed by atoms with van der Waals surface area (Å²) >= 11 is 0. The molecule has 0 fully saturated rings. The van der Waals surface area contributed by atoms with Gasteiger partial charge in [0.25, 0.3) is 21.7 Å². The van der Waals surface area contributed by atoms with E-state index >= 15 is 8.78 Å². The number of hydrogen-bond acceptors (Lipinski definition) is 9. The fourth-order valence-electron chi connectivity index (χ4n) is 6.21. The van der Waals surface area contributed by atoms with Gasteiger partial charge in [0.2, 0.25) is 5.91 Å². The highest BCUT2D eigenvalue weighted by atomic mass is 32.2. The van der Waals surface area contributed by atoms with E-state index in [-0.39, 0.29) is 45.3 Å². The van der Waals surface area contributed by atoms with Crippen molar-refractivity contribution in [3.05, 3.63) is 148 Å². The molecule has 0 radical (unpaired) electrons. The summed E-state index contributed by atoms with van der Waals surface area (Å²) in [4.78, 5) is 22.5. The van der Waals surface area contributed by atoms with Crippen LogP contribution in [0.25, 0.3) is 6.08 Å². The number of benzene rings is 5. The van der Waals surface area contributed by atoms with Gasteiger partial charge in [-0.3, -0.25) is 9.59 Å². The van der Waals surface area contributed by atoms with Crippen LogP contribution in [0.5, 0.6) is 23.0 Å². The Morgan fingerprint density at radius 1 is 0.797 bits per heavy atom. The van der Waals surface area contributed by atoms with Crippen LogP contribution in [0.2, 0.25) is 0 Å². The number of nitrogens with one attached hydrogen (secondary N) is 2. The SMILES string of the molecule is CNC(=O)/C=C/c1c(S(=O)(=O)C(F)(F)F)ccc(Oc2cc(F)cc(C#N)c2)c1C.CS(=O)(=O)c1ccc(Oc2cc(F)cc(F)c2)c2c1C(NC(=O)c1ccc(F)cc1)C(F)(F)C2. The van der Waals surface area contributed by atoms with Crippen molar-refractivity contribution in [2.75, 3.05) is 13.3 Å². The number of nitriles is 1. The molecule has 2 amide bonds. The number of rotatable bonds is 10. The van der Waals surface area contributed by atoms with E-state index in [4.69, 9.17) is 14.7 Å². The summed E-state index contributed by atoms with van der Waals surface area (Å²) in [6.07, 6.45) is 1.58. The van der Waals surface area contributed by atoms with Gasteiger partial charge in [0.05, 0.1) is 21.4 Å². The van der Waals surface area contributed by atoms with Crippen molar-refractivity contribution in [3.63, 3.8) is 0 Å². The van der Waals surface area contributed by atoms with Gasteiger partial charge in [-0.05, 0) is 73.7 Å². The van der Waals surface area contributed by atoms with Gasteiger partial charge in [-0.15, -0.1) is 0 Å². The van der Waals surface area contributed by atoms with E-state index in [1.54, 1.807) is 6.07 Å². The number of nitrogens with zero attached hydrogens (tertiary/aromatic N) is 1. The molecule has 5 aromatic carbocycles. The summed E-state index contributed by atoms with van der Waals surface area (Å²) in [6, 6.07) is 12.9. The molecule has 64 heavy (non-hydrogen) atoms. The Bertz CT molecular complexity index is 2940. The number of hydrogen-bond donors (Lipinski definition) is 2. The van der Waals surface area contributed by atoms with Gasteiger partial charge in [-0.25, -0.2) is 43.2 Å². The van der Waals surface area contributed by atoms with Gasteiger partial charge in [0.15, 0.2) is 9.84 Å². The van der Waals surface area contributed by atoms with Crippen molar-refractivity contribution in [1.82, 2.24) is 10.6 Å². The van der Waals surface area contributed by atoms with Crippen LogP contribution in [-0.4, -0.2) is 53.4 Å². The van der Waals surface area contributed by atoms with Crippen molar-refractivity contribution >= 4 is 37.6 Å². The Kier molecular flexibility index (Phi) is 13.9. The lowest BCUT2D eigenvalue weighted by atomic mass is 10.1. The molecule has 1 aliphatic rings. The molecule has 0 spiro atoms. The molecule has 0 saturated heterocycles. The van der Waals surface area contributed by atoms with Crippen LogP contribution in [-0.2, 0) is 30.9 Å².